The molecule has 2 aromatic rings. The molecule has 2 amide bonds. The Hall–Kier alpha value is -2.58. The van der Waals surface area contributed by atoms with Gasteiger partial charge < -0.3 is 10.2 Å². The summed E-state index contributed by atoms with van der Waals surface area (Å²) in [7, 11) is -3.77. The first kappa shape index (κ1) is 24.7. The van der Waals surface area contributed by atoms with E-state index in [0.717, 1.165) is 21.7 Å². The van der Waals surface area contributed by atoms with Gasteiger partial charge in [0.25, 0.3) is 0 Å². The number of anilines is 1. The van der Waals surface area contributed by atoms with Gasteiger partial charge in [0.15, 0.2) is 0 Å². The van der Waals surface area contributed by atoms with Crippen molar-refractivity contribution in [3.8, 4) is 0 Å². The number of hydrogen-bond donors (Lipinski definition) is 1. The van der Waals surface area contributed by atoms with Gasteiger partial charge in [-0.15, -0.1) is 0 Å². The predicted molar refractivity (Wildman–Crippen MR) is 124 cm³/mol. The molecule has 2 aromatic carbocycles. The summed E-state index contributed by atoms with van der Waals surface area (Å²) in [5, 5.41) is 3.07. The SMILES string of the molecule is CCNC(=O)[C@H](C)N(Cc1ccccc1C)C(=O)CN(c1cccc(Cl)c1)S(C)(=O)=O. The Morgan fingerprint density at radius 1 is 1.13 bits per heavy atom. The fourth-order valence-corrected chi connectivity index (χ4v) is 4.15. The predicted octanol–water partition coefficient (Wildman–Crippen LogP) is 2.97. The minimum atomic E-state index is -3.77. The highest BCUT2D eigenvalue weighted by molar-refractivity contribution is 7.92. The van der Waals surface area contributed by atoms with Crippen LogP contribution in [-0.2, 0) is 26.2 Å². The van der Waals surface area contributed by atoms with Gasteiger partial charge in [-0.1, -0.05) is 41.9 Å². The maximum Gasteiger partial charge on any atom is 0.244 e. The zero-order valence-electron chi connectivity index (χ0n) is 18.1. The lowest BCUT2D eigenvalue weighted by molar-refractivity contribution is -0.139. The highest BCUT2D eigenvalue weighted by atomic mass is 35.5. The van der Waals surface area contributed by atoms with Crippen molar-refractivity contribution in [2.45, 2.75) is 33.4 Å². The number of amides is 2. The molecule has 0 heterocycles. The smallest absolute Gasteiger partial charge is 0.244 e. The molecule has 0 aromatic heterocycles. The van der Waals surface area contributed by atoms with Gasteiger partial charge in [0, 0.05) is 18.1 Å². The molecule has 0 aliphatic rings. The number of nitrogens with zero attached hydrogens (tertiary/aromatic N) is 2. The summed E-state index contributed by atoms with van der Waals surface area (Å²) in [5.41, 5.74) is 2.13. The molecule has 7 nitrogen and oxygen atoms in total. The number of carbonyl (C=O) groups is 2. The van der Waals surface area contributed by atoms with E-state index in [1.54, 1.807) is 32.0 Å². The van der Waals surface area contributed by atoms with Crippen LogP contribution in [0.25, 0.3) is 0 Å². The topological polar surface area (TPSA) is 86.8 Å². The fraction of sp³-hybridized carbons (Fsp3) is 0.364. The van der Waals surface area contributed by atoms with E-state index >= 15 is 0 Å². The van der Waals surface area contributed by atoms with Crippen LogP contribution < -0.4 is 9.62 Å². The number of hydrogen-bond acceptors (Lipinski definition) is 4. The first-order valence-corrected chi connectivity index (χ1v) is 12.1. The molecule has 0 spiro atoms. The number of carbonyl (C=O) groups excluding carboxylic acids is 2. The average Bonchev–Trinajstić information content (AvgIpc) is 2.70. The van der Waals surface area contributed by atoms with Crippen LogP contribution in [-0.4, -0.2) is 50.5 Å². The van der Waals surface area contributed by atoms with E-state index in [2.05, 4.69) is 5.32 Å². The first-order valence-electron chi connectivity index (χ1n) is 9.89. The Balaban J connectivity index is 2.40. The molecule has 0 aliphatic carbocycles. The third kappa shape index (κ3) is 6.70. The summed E-state index contributed by atoms with van der Waals surface area (Å²) in [6, 6.07) is 13.0. The minimum Gasteiger partial charge on any atom is -0.355 e. The lowest BCUT2D eigenvalue weighted by Crippen LogP contribution is -2.51. The quantitative estimate of drug-likeness (QED) is 0.616. The van der Waals surface area contributed by atoms with Gasteiger partial charge in [0.05, 0.1) is 11.9 Å². The van der Waals surface area contributed by atoms with Gasteiger partial charge in [-0.3, -0.25) is 13.9 Å². The molecule has 0 bridgehead atoms. The first-order chi connectivity index (χ1) is 14.5. The number of likely N-dealkylation sites (N-methyl/N-ethyl adjacent to an activating group) is 1. The zero-order chi connectivity index (χ0) is 23.2. The maximum absolute atomic E-state index is 13.3. The molecule has 2 rings (SSSR count). The van der Waals surface area contributed by atoms with E-state index < -0.39 is 28.5 Å². The molecular formula is C22H28ClN3O4S. The van der Waals surface area contributed by atoms with Crippen LogP contribution in [0.2, 0.25) is 5.02 Å². The average molecular weight is 466 g/mol. The Kier molecular flexibility index (Phi) is 8.47. The number of benzene rings is 2. The monoisotopic (exact) mass is 465 g/mol. The van der Waals surface area contributed by atoms with Crippen LogP contribution in [0.3, 0.4) is 0 Å². The van der Waals surface area contributed by atoms with Gasteiger partial charge in [0.1, 0.15) is 12.6 Å². The van der Waals surface area contributed by atoms with Gasteiger partial charge in [-0.2, -0.15) is 0 Å². The van der Waals surface area contributed by atoms with Crippen LogP contribution >= 0.6 is 11.6 Å². The van der Waals surface area contributed by atoms with Gasteiger partial charge in [-0.05, 0) is 50.1 Å². The second-order valence-electron chi connectivity index (χ2n) is 7.27. The van der Waals surface area contributed by atoms with E-state index in [4.69, 9.17) is 11.6 Å². The standard InChI is InChI=1S/C22H28ClN3O4S/c1-5-24-22(28)17(3)25(14-18-10-7-6-9-16(18)2)21(27)15-26(31(4,29)30)20-12-8-11-19(23)13-20/h6-13,17H,5,14-15H2,1-4H3,(H,24,28)/t17-/m0/s1. The summed E-state index contributed by atoms with van der Waals surface area (Å²) in [5.74, 6) is -0.800. The number of sulfonamides is 1. The summed E-state index contributed by atoms with van der Waals surface area (Å²) in [6.07, 6.45) is 1.03. The van der Waals surface area contributed by atoms with Crippen molar-refractivity contribution in [1.29, 1.82) is 0 Å². The van der Waals surface area contributed by atoms with Crippen LogP contribution in [0, 0.1) is 6.92 Å². The minimum absolute atomic E-state index is 0.178. The normalized spacial score (nSPS) is 12.2. The second kappa shape index (κ2) is 10.6. The highest BCUT2D eigenvalue weighted by Crippen LogP contribution is 2.22. The van der Waals surface area contributed by atoms with E-state index in [-0.39, 0.29) is 18.1 Å². The number of halogens is 1. The number of rotatable bonds is 9. The van der Waals surface area contributed by atoms with Gasteiger partial charge in [-0.25, -0.2) is 8.42 Å². The Morgan fingerprint density at radius 2 is 1.81 bits per heavy atom. The van der Waals surface area contributed by atoms with Crippen molar-refractivity contribution in [2.24, 2.45) is 0 Å². The molecule has 1 N–H and O–H groups in total. The third-order valence-electron chi connectivity index (χ3n) is 4.90. The summed E-state index contributed by atoms with van der Waals surface area (Å²) >= 11 is 6.02. The zero-order valence-corrected chi connectivity index (χ0v) is 19.7. The maximum atomic E-state index is 13.3. The molecule has 0 saturated carbocycles. The van der Waals surface area contributed by atoms with E-state index in [9.17, 15) is 18.0 Å². The van der Waals surface area contributed by atoms with Crippen molar-refractivity contribution >= 4 is 39.1 Å². The molecule has 0 radical (unpaired) electrons. The Bertz CT molecular complexity index is 1040. The van der Waals surface area contributed by atoms with Crippen molar-refractivity contribution in [3.63, 3.8) is 0 Å². The van der Waals surface area contributed by atoms with E-state index in [1.807, 2.05) is 31.2 Å². The Labute approximate surface area is 189 Å². The number of aryl methyl sites for hydroxylation is 1. The Morgan fingerprint density at radius 3 is 2.39 bits per heavy atom. The molecule has 168 valence electrons. The summed E-state index contributed by atoms with van der Waals surface area (Å²) < 4.78 is 25.9. The van der Waals surface area contributed by atoms with Gasteiger partial charge >= 0.3 is 0 Å². The van der Waals surface area contributed by atoms with Crippen molar-refractivity contribution in [2.75, 3.05) is 23.7 Å². The van der Waals surface area contributed by atoms with Crippen LogP contribution in [0.15, 0.2) is 48.5 Å². The van der Waals surface area contributed by atoms with Crippen LogP contribution in [0.4, 0.5) is 5.69 Å². The molecule has 0 saturated heterocycles. The van der Waals surface area contributed by atoms with Crippen molar-refractivity contribution in [3.05, 3.63) is 64.7 Å². The largest absolute Gasteiger partial charge is 0.355 e. The summed E-state index contributed by atoms with van der Waals surface area (Å²) in [6.45, 7) is 5.50. The molecular weight excluding hydrogens is 438 g/mol. The van der Waals surface area contributed by atoms with Crippen LogP contribution in [0.1, 0.15) is 25.0 Å². The number of nitrogens with one attached hydrogen (secondary N) is 1. The molecule has 0 aliphatic heterocycles. The van der Waals surface area contributed by atoms with E-state index in [0.29, 0.717) is 11.6 Å². The second-order valence-corrected chi connectivity index (χ2v) is 9.61. The molecule has 31 heavy (non-hydrogen) atoms. The highest BCUT2D eigenvalue weighted by Gasteiger charge is 2.30. The fourth-order valence-electron chi connectivity index (χ4n) is 3.12. The molecule has 0 fully saturated rings. The lowest BCUT2D eigenvalue weighted by Gasteiger charge is -2.31. The molecule has 1 atom stereocenters. The molecule has 9 heteroatoms. The third-order valence-corrected chi connectivity index (χ3v) is 6.27. The summed E-state index contributed by atoms with van der Waals surface area (Å²) in [4.78, 5) is 27.2. The van der Waals surface area contributed by atoms with E-state index in [1.165, 1.54) is 11.0 Å². The van der Waals surface area contributed by atoms with Gasteiger partial charge in [0.2, 0.25) is 21.8 Å². The van der Waals surface area contributed by atoms with Crippen LogP contribution in [0.5, 0.6) is 0 Å². The van der Waals surface area contributed by atoms with Crippen molar-refractivity contribution < 1.29 is 18.0 Å². The van der Waals surface area contributed by atoms with Crippen molar-refractivity contribution in [1.82, 2.24) is 10.2 Å². The lowest BCUT2D eigenvalue weighted by atomic mass is 10.1. The molecule has 0 unspecified atom stereocenters.